The molecule has 2 rings (SSSR count). The average Bonchev–Trinajstić information content (AvgIpc) is 2.41. The van der Waals surface area contributed by atoms with Gasteiger partial charge in [-0.25, -0.2) is 0 Å². The maximum Gasteiger partial charge on any atom is 0.153 e. The van der Waals surface area contributed by atoms with Crippen LogP contribution in [0.15, 0.2) is 60.7 Å². The van der Waals surface area contributed by atoms with Crippen LogP contribution in [0.25, 0.3) is 0 Å². The van der Waals surface area contributed by atoms with E-state index < -0.39 is 0 Å². The Morgan fingerprint density at radius 1 is 0.875 bits per heavy atom. The van der Waals surface area contributed by atoms with Crippen molar-refractivity contribution in [1.29, 1.82) is 0 Å². The summed E-state index contributed by atoms with van der Waals surface area (Å²) in [7, 11) is 1.54. The van der Waals surface area contributed by atoms with Crippen molar-refractivity contribution in [2.45, 2.75) is 0 Å². The topological polar surface area (TPSA) is 26.3 Å². The van der Waals surface area contributed by atoms with Gasteiger partial charge < -0.3 is 4.74 Å². The first kappa shape index (κ1) is 12.0. The van der Waals surface area contributed by atoms with Crippen molar-refractivity contribution in [3.63, 3.8) is 0 Å². The standard InChI is InChI=1S/C8H8O2.C6H6/c1-10-8-5-3-2-4-7(8)6-9;1-2-4-6-5-3-1/h2-6H,1H3;1-6H. The minimum Gasteiger partial charge on any atom is -0.496 e. The van der Waals surface area contributed by atoms with E-state index in [1.54, 1.807) is 25.3 Å². The minimum absolute atomic E-state index is 0.588. The number of carbonyl (C=O) groups excluding carboxylic acids is 1. The lowest BCUT2D eigenvalue weighted by Crippen LogP contribution is -1.88. The molecule has 2 heteroatoms. The lowest BCUT2D eigenvalue weighted by Gasteiger charge is -1.99. The van der Waals surface area contributed by atoms with E-state index in [0.29, 0.717) is 11.3 Å². The van der Waals surface area contributed by atoms with Crippen LogP contribution in [0, 0.1) is 0 Å². The van der Waals surface area contributed by atoms with Gasteiger partial charge >= 0.3 is 0 Å². The number of carbonyl (C=O) groups is 1. The smallest absolute Gasteiger partial charge is 0.153 e. The molecule has 0 saturated heterocycles. The van der Waals surface area contributed by atoms with Gasteiger partial charge in [0.15, 0.2) is 6.29 Å². The van der Waals surface area contributed by atoms with Crippen LogP contribution in [0.1, 0.15) is 10.4 Å². The van der Waals surface area contributed by atoms with E-state index in [0.717, 1.165) is 6.29 Å². The second-order valence-corrected chi connectivity index (χ2v) is 3.01. The highest BCUT2D eigenvalue weighted by molar-refractivity contribution is 5.79. The Bertz CT molecular complexity index is 383. The van der Waals surface area contributed by atoms with Crippen molar-refractivity contribution in [3.05, 3.63) is 66.2 Å². The zero-order valence-corrected chi connectivity index (χ0v) is 9.17. The molecule has 0 heterocycles. The first-order valence-corrected chi connectivity index (χ1v) is 4.96. The summed E-state index contributed by atoms with van der Waals surface area (Å²) in [6.45, 7) is 0. The highest BCUT2D eigenvalue weighted by atomic mass is 16.5. The molecule has 0 saturated carbocycles. The van der Waals surface area contributed by atoms with Gasteiger partial charge in [0.25, 0.3) is 0 Å². The molecule has 0 atom stereocenters. The molecule has 16 heavy (non-hydrogen) atoms. The number of hydrogen-bond acceptors (Lipinski definition) is 2. The van der Waals surface area contributed by atoms with Crippen molar-refractivity contribution in [3.8, 4) is 5.75 Å². The molecule has 0 fully saturated rings. The summed E-state index contributed by atoms with van der Waals surface area (Å²) in [5.41, 5.74) is 0.588. The van der Waals surface area contributed by atoms with Crippen LogP contribution in [0.5, 0.6) is 5.75 Å². The van der Waals surface area contributed by atoms with Gasteiger partial charge in [-0.15, -0.1) is 0 Å². The molecule has 0 radical (unpaired) electrons. The zero-order valence-electron chi connectivity index (χ0n) is 9.17. The van der Waals surface area contributed by atoms with Gasteiger partial charge in [0.1, 0.15) is 5.75 Å². The number of ether oxygens (including phenoxy) is 1. The summed E-state index contributed by atoms with van der Waals surface area (Å²) < 4.78 is 4.90. The van der Waals surface area contributed by atoms with Gasteiger partial charge in [-0.2, -0.15) is 0 Å². The number of aldehydes is 1. The van der Waals surface area contributed by atoms with E-state index >= 15 is 0 Å². The lowest BCUT2D eigenvalue weighted by atomic mass is 10.2. The van der Waals surface area contributed by atoms with E-state index in [-0.39, 0.29) is 0 Å². The predicted octanol–water partition coefficient (Wildman–Crippen LogP) is 3.19. The number of rotatable bonds is 2. The number of methoxy groups -OCH3 is 1. The second-order valence-electron chi connectivity index (χ2n) is 3.01. The summed E-state index contributed by atoms with van der Waals surface area (Å²) in [4.78, 5) is 10.3. The van der Waals surface area contributed by atoms with Gasteiger partial charge in [-0.05, 0) is 12.1 Å². The van der Waals surface area contributed by atoms with Crippen molar-refractivity contribution in [2.24, 2.45) is 0 Å². The van der Waals surface area contributed by atoms with Crippen LogP contribution in [0.4, 0.5) is 0 Å². The highest BCUT2D eigenvalue weighted by Crippen LogP contribution is 2.13. The van der Waals surface area contributed by atoms with Crippen LogP contribution in [0.3, 0.4) is 0 Å². The third-order valence-corrected chi connectivity index (χ3v) is 1.93. The van der Waals surface area contributed by atoms with E-state index in [9.17, 15) is 4.79 Å². The van der Waals surface area contributed by atoms with E-state index in [2.05, 4.69) is 0 Å². The largest absolute Gasteiger partial charge is 0.496 e. The van der Waals surface area contributed by atoms with Crippen LogP contribution < -0.4 is 4.74 Å². The summed E-state index contributed by atoms with van der Waals surface area (Å²) in [6, 6.07) is 19.1. The van der Waals surface area contributed by atoms with Crippen LogP contribution in [-0.2, 0) is 0 Å². The highest BCUT2D eigenvalue weighted by Gasteiger charge is 1.96. The van der Waals surface area contributed by atoms with Crippen LogP contribution in [-0.4, -0.2) is 13.4 Å². The Morgan fingerprint density at radius 3 is 1.75 bits per heavy atom. The Hall–Kier alpha value is -2.09. The molecule has 0 aliphatic heterocycles. The summed E-state index contributed by atoms with van der Waals surface area (Å²) in [5.74, 6) is 0.623. The van der Waals surface area contributed by atoms with Gasteiger partial charge in [0.2, 0.25) is 0 Å². The Morgan fingerprint density at radius 2 is 1.38 bits per heavy atom. The first-order chi connectivity index (χ1) is 7.88. The molecule has 0 aliphatic carbocycles. The molecule has 0 amide bonds. The fourth-order valence-electron chi connectivity index (χ4n) is 1.15. The molecule has 2 aromatic carbocycles. The normalized spacial score (nSPS) is 8.56. The summed E-state index contributed by atoms with van der Waals surface area (Å²) in [5, 5.41) is 0. The van der Waals surface area contributed by atoms with E-state index in [1.165, 1.54) is 0 Å². The van der Waals surface area contributed by atoms with Crippen molar-refractivity contribution in [2.75, 3.05) is 7.11 Å². The number of para-hydroxylation sites is 1. The van der Waals surface area contributed by atoms with E-state index in [4.69, 9.17) is 4.74 Å². The molecule has 0 aliphatic rings. The Balaban J connectivity index is 0.000000181. The van der Waals surface area contributed by atoms with Crippen molar-refractivity contribution >= 4 is 6.29 Å². The monoisotopic (exact) mass is 214 g/mol. The third-order valence-electron chi connectivity index (χ3n) is 1.93. The molecular formula is C14H14O2. The first-order valence-electron chi connectivity index (χ1n) is 4.96. The average molecular weight is 214 g/mol. The molecule has 0 spiro atoms. The minimum atomic E-state index is 0.588. The van der Waals surface area contributed by atoms with Gasteiger partial charge in [0, 0.05) is 0 Å². The van der Waals surface area contributed by atoms with E-state index in [1.807, 2.05) is 42.5 Å². The SMILES string of the molecule is COc1ccccc1C=O.c1ccccc1. The number of benzene rings is 2. The molecule has 0 bridgehead atoms. The van der Waals surface area contributed by atoms with Crippen LogP contribution in [0.2, 0.25) is 0 Å². The Kier molecular flexibility index (Phi) is 5.42. The van der Waals surface area contributed by atoms with Crippen molar-refractivity contribution < 1.29 is 9.53 Å². The molecule has 2 aromatic rings. The summed E-state index contributed by atoms with van der Waals surface area (Å²) in [6.07, 6.45) is 0.777. The molecule has 82 valence electrons. The quantitative estimate of drug-likeness (QED) is 0.717. The fourth-order valence-corrected chi connectivity index (χ4v) is 1.15. The summed E-state index contributed by atoms with van der Waals surface area (Å²) >= 11 is 0. The molecule has 2 nitrogen and oxygen atoms in total. The van der Waals surface area contributed by atoms with Crippen molar-refractivity contribution in [1.82, 2.24) is 0 Å². The zero-order chi connectivity index (χ0) is 11.6. The maximum absolute atomic E-state index is 10.3. The fraction of sp³-hybridized carbons (Fsp3) is 0.0714. The third kappa shape index (κ3) is 3.96. The molecular weight excluding hydrogens is 200 g/mol. The van der Waals surface area contributed by atoms with Gasteiger partial charge in [-0.3, -0.25) is 4.79 Å². The van der Waals surface area contributed by atoms with Crippen LogP contribution >= 0.6 is 0 Å². The lowest BCUT2D eigenvalue weighted by molar-refractivity contribution is 0.112. The number of hydrogen-bond donors (Lipinski definition) is 0. The Labute approximate surface area is 95.5 Å². The molecule has 0 aromatic heterocycles. The molecule has 0 N–H and O–H groups in total. The van der Waals surface area contributed by atoms with Gasteiger partial charge in [-0.1, -0.05) is 48.5 Å². The van der Waals surface area contributed by atoms with Gasteiger partial charge in [0.05, 0.1) is 12.7 Å². The molecule has 0 unspecified atom stereocenters. The second kappa shape index (κ2) is 7.23. The maximum atomic E-state index is 10.3. The predicted molar refractivity (Wildman–Crippen MR) is 64.8 cm³/mol.